The van der Waals surface area contributed by atoms with Crippen LogP contribution < -0.4 is 13.8 Å². The number of aliphatic hydroxyl groups excluding tert-OH is 1. The fourth-order valence-corrected chi connectivity index (χ4v) is 4.82. The Morgan fingerprint density at radius 1 is 1.09 bits per heavy atom. The van der Waals surface area contributed by atoms with Crippen molar-refractivity contribution in [2.24, 2.45) is 0 Å². The van der Waals surface area contributed by atoms with Gasteiger partial charge in [-0.3, -0.25) is 4.31 Å². The normalized spacial score (nSPS) is 11.8. The molecule has 0 aliphatic rings. The van der Waals surface area contributed by atoms with Crippen LogP contribution in [0.15, 0.2) is 90.3 Å². The number of nitriles is 1. The van der Waals surface area contributed by atoms with Crippen molar-refractivity contribution in [2.45, 2.75) is 17.4 Å². The van der Waals surface area contributed by atoms with Gasteiger partial charge in [0.15, 0.2) is 11.5 Å². The largest absolute Gasteiger partial charge is 0.493 e. The standard InChI is InChI=1S/C26H26N2O5S/c1-3-7-20-12-15-25(26(16-20)32-2)33-19-23(29)18-28(22-8-5-4-6-9-22)34(30,31)24-13-10-21(17-27)11-14-24/h3-6,8-16,23,29H,1,7,18-19H2,2H3. The molecule has 3 aromatic carbocycles. The average molecular weight is 479 g/mol. The molecule has 0 saturated carbocycles. The molecule has 1 N–H and O–H groups in total. The van der Waals surface area contributed by atoms with E-state index in [1.54, 1.807) is 42.5 Å². The number of nitrogens with zero attached hydrogens (tertiary/aromatic N) is 2. The van der Waals surface area contributed by atoms with Crippen molar-refractivity contribution < 1.29 is 23.0 Å². The smallest absolute Gasteiger partial charge is 0.264 e. The van der Waals surface area contributed by atoms with Crippen molar-refractivity contribution >= 4 is 15.7 Å². The number of rotatable bonds is 11. The van der Waals surface area contributed by atoms with Crippen LogP contribution in [0.3, 0.4) is 0 Å². The van der Waals surface area contributed by atoms with Gasteiger partial charge in [-0.25, -0.2) is 8.42 Å². The van der Waals surface area contributed by atoms with Crippen LogP contribution >= 0.6 is 0 Å². The number of allylic oxidation sites excluding steroid dienone is 1. The molecular weight excluding hydrogens is 452 g/mol. The molecular formula is C26H26N2O5S. The summed E-state index contributed by atoms with van der Waals surface area (Å²) in [7, 11) is -2.48. The second-order valence-electron chi connectivity index (χ2n) is 7.45. The fourth-order valence-electron chi connectivity index (χ4n) is 3.32. The van der Waals surface area contributed by atoms with Crippen LogP contribution in [0.5, 0.6) is 11.5 Å². The third-order valence-electron chi connectivity index (χ3n) is 5.03. The highest BCUT2D eigenvalue weighted by Gasteiger charge is 2.27. The Morgan fingerprint density at radius 2 is 1.79 bits per heavy atom. The maximum absolute atomic E-state index is 13.4. The maximum Gasteiger partial charge on any atom is 0.264 e. The molecule has 176 valence electrons. The number of sulfonamides is 1. The highest BCUT2D eigenvalue weighted by molar-refractivity contribution is 7.92. The summed E-state index contributed by atoms with van der Waals surface area (Å²) in [6.45, 7) is 3.34. The Morgan fingerprint density at radius 3 is 2.41 bits per heavy atom. The lowest BCUT2D eigenvalue weighted by Gasteiger charge is -2.27. The van der Waals surface area contributed by atoms with E-state index in [1.165, 1.54) is 31.4 Å². The molecule has 1 atom stereocenters. The Balaban J connectivity index is 1.80. The van der Waals surface area contributed by atoms with Gasteiger partial charge in [-0.1, -0.05) is 30.3 Å². The lowest BCUT2D eigenvalue weighted by atomic mass is 10.1. The zero-order valence-electron chi connectivity index (χ0n) is 18.8. The molecule has 3 aromatic rings. The minimum atomic E-state index is -4.01. The zero-order valence-corrected chi connectivity index (χ0v) is 19.6. The van der Waals surface area contributed by atoms with Crippen molar-refractivity contribution in [1.82, 2.24) is 0 Å². The van der Waals surface area contributed by atoms with E-state index in [-0.39, 0.29) is 18.0 Å². The minimum absolute atomic E-state index is 0.0166. The van der Waals surface area contributed by atoms with Gasteiger partial charge in [0.25, 0.3) is 10.0 Å². The molecule has 0 spiro atoms. The van der Waals surface area contributed by atoms with Crippen LogP contribution in [0.2, 0.25) is 0 Å². The first-order valence-corrected chi connectivity index (χ1v) is 12.0. The van der Waals surface area contributed by atoms with Gasteiger partial charge in [-0.15, -0.1) is 6.58 Å². The zero-order chi connectivity index (χ0) is 24.6. The van der Waals surface area contributed by atoms with E-state index in [0.29, 0.717) is 29.2 Å². The Kier molecular flexibility index (Phi) is 8.30. The lowest BCUT2D eigenvalue weighted by Crippen LogP contribution is -2.39. The van der Waals surface area contributed by atoms with Gasteiger partial charge in [0.1, 0.15) is 12.7 Å². The highest BCUT2D eigenvalue weighted by Crippen LogP contribution is 2.29. The van der Waals surface area contributed by atoms with Crippen LogP contribution in [-0.2, 0) is 16.4 Å². The van der Waals surface area contributed by atoms with Crippen molar-refractivity contribution in [3.63, 3.8) is 0 Å². The second kappa shape index (κ2) is 11.4. The predicted octanol–water partition coefficient (Wildman–Crippen LogP) is 3.93. The quantitative estimate of drug-likeness (QED) is 0.419. The molecule has 0 heterocycles. The number of methoxy groups -OCH3 is 1. The van der Waals surface area contributed by atoms with Gasteiger partial charge >= 0.3 is 0 Å². The topological polar surface area (TPSA) is 99.9 Å². The monoisotopic (exact) mass is 478 g/mol. The van der Waals surface area contributed by atoms with Crippen molar-refractivity contribution in [3.8, 4) is 17.6 Å². The van der Waals surface area contributed by atoms with Crippen LogP contribution in [-0.4, -0.2) is 39.9 Å². The molecule has 0 aliphatic carbocycles. The van der Waals surface area contributed by atoms with Crippen LogP contribution in [0.4, 0.5) is 5.69 Å². The molecule has 0 aromatic heterocycles. The van der Waals surface area contributed by atoms with E-state index in [9.17, 15) is 13.5 Å². The number of hydrogen-bond donors (Lipinski definition) is 1. The van der Waals surface area contributed by atoms with E-state index in [1.807, 2.05) is 18.2 Å². The molecule has 34 heavy (non-hydrogen) atoms. The highest BCUT2D eigenvalue weighted by atomic mass is 32.2. The van der Waals surface area contributed by atoms with E-state index in [0.717, 1.165) is 9.87 Å². The molecule has 0 radical (unpaired) electrons. The first-order valence-electron chi connectivity index (χ1n) is 10.6. The molecule has 0 fully saturated rings. The summed E-state index contributed by atoms with van der Waals surface area (Å²) in [5.41, 5.74) is 1.76. The number of hydrogen-bond acceptors (Lipinski definition) is 6. The number of aliphatic hydroxyl groups is 1. The molecule has 0 amide bonds. The van der Waals surface area contributed by atoms with E-state index in [2.05, 4.69) is 6.58 Å². The van der Waals surface area contributed by atoms with Gasteiger partial charge in [0.2, 0.25) is 0 Å². The minimum Gasteiger partial charge on any atom is -0.493 e. The Labute approximate surface area is 200 Å². The molecule has 7 nitrogen and oxygen atoms in total. The summed E-state index contributed by atoms with van der Waals surface area (Å²) in [6.07, 6.45) is 1.33. The molecule has 0 aliphatic heterocycles. The van der Waals surface area contributed by atoms with Gasteiger partial charge in [-0.2, -0.15) is 5.26 Å². The van der Waals surface area contributed by atoms with Crippen LogP contribution in [0.1, 0.15) is 11.1 Å². The Bertz CT molecular complexity index is 1250. The summed E-state index contributed by atoms with van der Waals surface area (Å²) in [6, 6.07) is 21.6. The summed E-state index contributed by atoms with van der Waals surface area (Å²) >= 11 is 0. The van der Waals surface area contributed by atoms with Crippen molar-refractivity contribution in [2.75, 3.05) is 24.6 Å². The fraction of sp³-hybridized carbons (Fsp3) is 0.192. The average Bonchev–Trinajstić information content (AvgIpc) is 2.87. The van der Waals surface area contributed by atoms with Crippen molar-refractivity contribution in [3.05, 3.63) is 96.6 Å². The number of anilines is 1. The summed E-state index contributed by atoms with van der Waals surface area (Å²) < 4.78 is 39.1. The summed E-state index contributed by atoms with van der Waals surface area (Å²) in [5, 5.41) is 19.7. The molecule has 3 rings (SSSR count). The van der Waals surface area contributed by atoms with E-state index >= 15 is 0 Å². The van der Waals surface area contributed by atoms with E-state index in [4.69, 9.17) is 14.7 Å². The summed E-state index contributed by atoms with van der Waals surface area (Å²) in [4.78, 5) is 0.0166. The first kappa shape index (κ1) is 24.8. The van der Waals surface area contributed by atoms with Gasteiger partial charge in [0.05, 0.1) is 35.9 Å². The van der Waals surface area contributed by atoms with Crippen molar-refractivity contribution in [1.29, 1.82) is 5.26 Å². The number of para-hydroxylation sites is 1. The predicted molar refractivity (Wildman–Crippen MR) is 131 cm³/mol. The van der Waals surface area contributed by atoms with Crippen LogP contribution in [0.25, 0.3) is 0 Å². The van der Waals surface area contributed by atoms with Gasteiger partial charge < -0.3 is 14.6 Å². The molecule has 1 unspecified atom stereocenters. The number of benzene rings is 3. The molecule has 8 heteroatoms. The lowest BCUT2D eigenvalue weighted by molar-refractivity contribution is 0.113. The van der Waals surface area contributed by atoms with E-state index < -0.39 is 16.1 Å². The number of ether oxygens (including phenoxy) is 2. The third kappa shape index (κ3) is 5.95. The second-order valence-corrected chi connectivity index (χ2v) is 9.31. The molecule has 0 saturated heterocycles. The molecule has 0 bridgehead atoms. The van der Waals surface area contributed by atoms with Gasteiger partial charge in [0, 0.05) is 0 Å². The summed E-state index contributed by atoms with van der Waals surface area (Å²) in [5.74, 6) is 0.951. The Hall–Kier alpha value is -3.80. The SMILES string of the molecule is C=CCc1ccc(OCC(O)CN(c2ccccc2)S(=O)(=O)c2ccc(C#N)cc2)c(OC)c1. The first-order chi connectivity index (χ1) is 16.4. The third-order valence-corrected chi connectivity index (χ3v) is 6.84. The van der Waals surface area contributed by atoms with Crippen LogP contribution in [0, 0.1) is 11.3 Å². The van der Waals surface area contributed by atoms with Gasteiger partial charge in [-0.05, 0) is 60.5 Å². The maximum atomic E-state index is 13.4.